The molecule has 2 heteroatoms. The largest absolute Gasteiger partial charge is 0.308 e. The van der Waals surface area contributed by atoms with Crippen molar-refractivity contribution in [3.63, 3.8) is 0 Å². The second-order valence-electron chi connectivity index (χ2n) is 6.46. The Balaban J connectivity index is 2.01. The third kappa shape index (κ3) is 3.62. The molecule has 0 aromatic heterocycles. The van der Waals surface area contributed by atoms with Gasteiger partial charge >= 0.3 is 0 Å². The standard InChI is InChI=1S/C18H30N2/c1-4-10-17(16-11-6-5-7-12-16)19-15-18(20(2)3)13-8-9-14-18/h5-7,11-12,17,19H,4,8-10,13-15H2,1-3H3. The molecule has 112 valence electrons. The summed E-state index contributed by atoms with van der Waals surface area (Å²) in [5.41, 5.74) is 1.81. The Morgan fingerprint density at radius 2 is 1.80 bits per heavy atom. The number of nitrogens with one attached hydrogen (secondary N) is 1. The molecular formula is C18H30N2. The first-order valence-corrected chi connectivity index (χ1v) is 8.14. The zero-order chi connectivity index (χ0) is 14.4. The fourth-order valence-electron chi connectivity index (χ4n) is 3.49. The summed E-state index contributed by atoms with van der Waals surface area (Å²) in [4.78, 5) is 2.45. The van der Waals surface area contributed by atoms with Crippen molar-refractivity contribution in [2.24, 2.45) is 0 Å². The lowest BCUT2D eigenvalue weighted by Crippen LogP contribution is -2.50. The van der Waals surface area contributed by atoms with Gasteiger partial charge in [0.15, 0.2) is 0 Å². The van der Waals surface area contributed by atoms with E-state index in [9.17, 15) is 0 Å². The first-order valence-electron chi connectivity index (χ1n) is 8.14. The zero-order valence-corrected chi connectivity index (χ0v) is 13.4. The van der Waals surface area contributed by atoms with Gasteiger partial charge in [-0.2, -0.15) is 0 Å². The maximum Gasteiger partial charge on any atom is 0.0328 e. The minimum Gasteiger partial charge on any atom is -0.308 e. The molecule has 0 bridgehead atoms. The van der Waals surface area contributed by atoms with Gasteiger partial charge in [-0.15, -0.1) is 0 Å². The van der Waals surface area contributed by atoms with Crippen LogP contribution in [0.4, 0.5) is 0 Å². The monoisotopic (exact) mass is 274 g/mol. The quantitative estimate of drug-likeness (QED) is 0.808. The van der Waals surface area contributed by atoms with Crippen molar-refractivity contribution in [1.82, 2.24) is 10.2 Å². The number of nitrogens with zero attached hydrogens (tertiary/aromatic N) is 1. The molecule has 1 aromatic carbocycles. The second-order valence-corrected chi connectivity index (χ2v) is 6.46. The molecule has 1 atom stereocenters. The van der Waals surface area contributed by atoms with Gasteiger partial charge in [0, 0.05) is 18.1 Å². The van der Waals surface area contributed by atoms with Crippen molar-refractivity contribution in [3.8, 4) is 0 Å². The second kappa shape index (κ2) is 7.24. The Kier molecular flexibility index (Phi) is 5.62. The SMILES string of the molecule is CCCC(NCC1(N(C)C)CCCC1)c1ccccc1. The minimum atomic E-state index is 0.376. The van der Waals surface area contributed by atoms with Crippen LogP contribution in [0.1, 0.15) is 57.1 Å². The van der Waals surface area contributed by atoms with Gasteiger partial charge in [0.1, 0.15) is 0 Å². The van der Waals surface area contributed by atoms with Crippen molar-refractivity contribution < 1.29 is 0 Å². The molecule has 1 N–H and O–H groups in total. The highest BCUT2D eigenvalue weighted by atomic mass is 15.2. The number of benzene rings is 1. The highest BCUT2D eigenvalue weighted by Crippen LogP contribution is 2.34. The molecule has 1 unspecified atom stereocenters. The summed E-state index contributed by atoms with van der Waals surface area (Å²) in [6.45, 7) is 3.38. The maximum absolute atomic E-state index is 3.86. The Hall–Kier alpha value is -0.860. The number of hydrogen-bond acceptors (Lipinski definition) is 2. The molecule has 1 saturated carbocycles. The maximum atomic E-state index is 3.86. The lowest BCUT2D eigenvalue weighted by atomic mass is 9.94. The van der Waals surface area contributed by atoms with E-state index in [4.69, 9.17) is 0 Å². The lowest BCUT2D eigenvalue weighted by Gasteiger charge is -2.38. The fraction of sp³-hybridized carbons (Fsp3) is 0.667. The van der Waals surface area contributed by atoms with E-state index in [1.165, 1.54) is 44.1 Å². The smallest absolute Gasteiger partial charge is 0.0328 e. The Morgan fingerprint density at radius 3 is 2.35 bits per heavy atom. The van der Waals surface area contributed by atoms with E-state index in [2.05, 4.69) is 61.6 Å². The molecule has 2 nitrogen and oxygen atoms in total. The van der Waals surface area contributed by atoms with Crippen LogP contribution in [0, 0.1) is 0 Å². The molecule has 1 aromatic rings. The Bertz CT molecular complexity index is 380. The van der Waals surface area contributed by atoms with Crippen LogP contribution in [0.25, 0.3) is 0 Å². The fourth-order valence-corrected chi connectivity index (χ4v) is 3.49. The normalized spacial score (nSPS) is 19.4. The molecule has 0 spiro atoms. The van der Waals surface area contributed by atoms with Gasteiger partial charge in [-0.3, -0.25) is 0 Å². The third-order valence-electron chi connectivity index (χ3n) is 4.94. The van der Waals surface area contributed by atoms with Gasteiger partial charge < -0.3 is 10.2 Å². The van der Waals surface area contributed by atoms with Crippen molar-refractivity contribution in [3.05, 3.63) is 35.9 Å². The van der Waals surface area contributed by atoms with Crippen LogP contribution in [0.2, 0.25) is 0 Å². The molecule has 0 heterocycles. The summed E-state index contributed by atoms with van der Waals surface area (Å²) in [5.74, 6) is 0. The molecular weight excluding hydrogens is 244 g/mol. The molecule has 1 fully saturated rings. The molecule has 0 saturated heterocycles. The predicted octanol–water partition coefficient (Wildman–Crippen LogP) is 3.99. The number of likely N-dealkylation sites (N-methyl/N-ethyl adjacent to an activating group) is 1. The van der Waals surface area contributed by atoms with E-state index in [1.54, 1.807) is 0 Å². The van der Waals surface area contributed by atoms with Crippen LogP contribution < -0.4 is 5.32 Å². The van der Waals surface area contributed by atoms with Crippen LogP contribution in [0.15, 0.2) is 30.3 Å². The highest BCUT2D eigenvalue weighted by Gasteiger charge is 2.36. The molecule has 1 aliphatic rings. The van der Waals surface area contributed by atoms with Crippen molar-refractivity contribution >= 4 is 0 Å². The van der Waals surface area contributed by atoms with E-state index in [0.29, 0.717) is 11.6 Å². The zero-order valence-electron chi connectivity index (χ0n) is 13.4. The van der Waals surface area contributed by atoms with Gasteiger partial charge in [-0.1, -0.05) is 56.5 Å². The molecule has 0 amide bonds. The average Bonchev–Trinajstić information content (AvgIpc) is 2.94. The summed E-state index contributed by atoms with van der Waals surface area (Å²) >= 11 is 0. The van der Waals surface area contributed by atoms with E-state index in [0.717, 1.165) is 6.54 Å². The van der Waals surface area contributed by atoms with Crippen molar-refractivity contribution in [2.45, 2.75) is 57.0 Å². The van der Waals surface area contributed by atoms with Gasteiger partial charge in [-0.25, -0.2) is 0 Å². The average molecular weight is 274 g/mol. The van der Waals surface area contributed by atoms with E-state index >= 15 is 0 Å². The van der Waals surface area contributed by atoms with Crippen LogP contribution >= 0.6 is 0 Å². The summed E-state index contributed by atoms with van der Waals surface area (Å²) in [6, 6.07) is 11.4. The molecule has 20 heavy (non-hydrogen) atoms. The van der Waals surface area contributed by atoms with E-state index in [-0.39, 0.29) is 0 Å². The van der Waals surface area contributed by atoms with Crippen LogP contribution in [0.3, 0.4) is 0 Å². The van der Waals surface area contributed by atoms with Gasteiger partial charge in [0.2, 0.25) is 0 Å². The van der Waals surface area contributed by atoms with Gasteiger partial charge in [0.25, 0.3) is 0 Å². The van der Waals surface area contributed by atoms with Crippen LogP contribution in [-0.4, -0.2) is 31.1 Å². The lowest BCUT2D eigenvalue weighted by molar-refractivity contribution is 0.148. The molecule has 0 aliphatic heterocycles. The van der Waals surface area contributed by atoms with E-state index < -0.39 is 0 Å². The topological polar surface area (TPSA) is 15.3 Å². The van der Waals surface area contributed by atoms with Crippen LogP contribution in [-0.2, 0) is 0 Å². The Labute approximate surface area is 124 Å². The third-order valence-corrected chi connectivity index (χ3v) is 4.94. The number of rotatable bonds is 7. The molecule has 1 aliphatic carbocycles. The molecule has 0 radical (unpaired) electrons. The van der Waals surface area contributed by atoms with Gasteiger partial charge in [0.05, 0.1) is 0 Å². The minimum absolute atomic E-state index is 0.376. The summed E-state index contributed by atoms with van der Waals surface area (Å²) < 4.78 is 0. The highest BCUT2D eigenvalue weighted by molar-refractivity contribution is 5.19. The van der Waals surface area contributed by atoms with Crippen LogP contribution in [0.5, 0.6) is 0 Å². The van der Waals surface area contributed by atoms with E-state index in [1.807, 2.05) is 0 Å². The predicted molar refractivity (Wildman–Crippen MR) is 87.0 cm³/mol. The summed E-state index contributed by atoms with van der Waals surface area (Å²) in [7, 11) is 4.48. The molecule has 2 rings (SSSR count). The van der Waals surface area contributed by atoms with Crippen molar-refractivity contribution in [2.75, 3.05) is 20.6 Å². The van der Waals surface area contributed by atoms with Gasteiger partial charge in [-0.05, 0) is 38.9 Å². The first-order chi connectivity index (χ1) is 9.68. The number of hydrogen-bond donors (Lipinski definition) is 1. The first kappa shape index (κ1) is 15.5. The van der Waals surface area contributed by atoms with Crippen molar-refractivity contribution in [1.29, 1.82) is 0 Å². The summed E-state index contributed by atoms with van der Waals surface area (Å²) in [5, 5.41) is 3.86. The Morgan fingerprint density at radius 1 is 1.15 bits per heavy atom. The summed E-state index contributed by atoms with van der Waals surface area (Å²) in [6.07, 6.45) is 7.86.